The molecule has 2 aromatic rings. The van der Waals surface area contributed by atoms with Crippen molar-refractivity contribution in [1.29, 1.82) is 0 Å². The van der Waals surface area contributed by atoms with E-state index in [4.69, 9.17) is 16.3 Å². The summed E-state index contributed by atoms with van der Waals surface area (Å²) in [6.45, 7) is 5.35. The number of hydrogen-bond acceptors (Lipinski definition) is 2. The van der Waals surface area contributed by atoms with Crippen molar-refractivity contribution in [2.24, 2.45) is 0 Å². The van der Waals surface area contributed by atoms with Crippen LogP contribution in [0.2, 0.25) is 0 Å². The van der Waals surface area contributed by atoms with Gasteiger partial charge in [0.25, 0.3) is 0 Å². The van der Waals surface area contributed by atoms with Gasteiger partial charge in [-0.3, -0.25) is 0 Å². The molecule has 0 bridgehead atoms. The second-order valence-corrected chi connectivity index (χ2v) is 6.07. The molecule has 1 aliphatic rings. The van der Waals surface area contributed by atoms with Crippen molar-refractivity contribution >= 4 is 22.6 Å². The minimum atomic E-state index is -0.215. The molecule has 0 radical (unpaired) electrons. The molecule has 0 N–H and O–H groups in total. The molecule has 1 saturated heterocycles. The summed E-state index contributed by atoms with van der Waals surface area (Å²) < 4.78 is 21.5. The number of hydrogen-bond donors (Lipinski definition) is 0. The number of benzene rings is 1. The van der Waals surface area contributed by atoms with E-state index in [1.807, 2.05) is 6.07 Å². The Kier molecular flexibility index (Phi) is 3.46. The first-order valence-electron chi connectivity index (χ1n) is 6.87. The number of imidazole rings is 1. The van der Waals surface area contributed by atoms with Crippen LogP contribution in [0.3, 0.4) is 0 Å². The number of aromatic nitrogens is 2. The van der Waals surface area contributed by atoms with Crippen LogP contribution in [-0.2, 0) is 16.7 Å². The molecule has 5 heteroatoms. The molecule has 0 amide bonds. The van der Waals surface area contributed by atoms with Gasteiger partial charge in [0.2, 0.25) is 0 Å². The van der Waals surface area contributed by atoms with E-state index in [-0.39, 0.29) is 11.4 Å². The number of ether oxygens (including phenoxy) is 1. The van der Waals surface area contributed by atoms with Gasteiger partial charge in [0.05, 0.1) is 23.2 Å². The minimum Gasteiger partial charge on any atom is -0.379 e. The van der Waals surface area contributed by atoms with Gasteiger partial charge in [0.15, 0.2) is 0 Å². The lowest BCUT2D eigenvalue weighted by Gasteiger charge is -2.27. The Morgan fingerprint density at radius 3 is 2.95 bits per heavy atom. The lowest BCUT2D eigenvalue weighted by Crippen LogP contribution is -2.32. The van der Waals surface area contributed by atoms with Crippen LogP contribution in [0.25, 0.3) is 11.0 Å². The first-order valence-corrected chi connectivity index (χ1v) is 7.40. The molecule has 3 rings (SSSR count). The average molecular weight is 297 g/mol. The van der Waals surface area contributed by atoms with E-state index in [9.17, 15) is 4.39 Å². The molecule has 1 aliphatic heterocycles. The van der Waals surface area contributed by atoms with E-state index in [2.05, 4.69) is 16.5 Å². The molecule has 0 saturated carbocycles. The van der Waals surface area contributed by atoms with Crippen molar-refractivity contribution in [3.8, 4) is 0 Å². The molecule has 3 nitrogen and oxygen atoms in total. The first-order chi connectivity index (χ1) is 9.55. The normalized spacial score (nSPS) is 22.8. The van der Waals surface area contributed by atoms with Gasteiger partial charge in [-0.1, -0.05) is 0 Å². The molecule has 2 heterocycles. The minimum absolute atomic E-state index is 0.125. The number of fused-ring (bicyclic) bond motifs is 1. The van der Waals surface area contributed by atoms with Crippen LogP contribution < -0.4 is 0 Å². The zero-order valence-electron chi connectivity index (χ0n) is 11.7. The van der Waals surface area contributed by atoms with Crippen molar-refractivity contribution < 1.29 is 9.13 Å². The largest absolute Gasteiger partial charge is 0.379 e. The van der Waals surface area contributed by atoms with E-state index in [0.29, 0.717) is 30.0 Å². The molecule has 1 aromatic carbocycles. The summed E-state index contributed by atoms with van der Waals surface area (Å²) in [7, 11) is 0. The van der Waals surface area contributed by atoms with Gasteiger partial charge < -0.3 is 9.30 Å². The summed E-state index contributed by atoms with van der Waals surface area (Å²) in [5.74, 6) is 1.20. The SMILES string of the molecule is Cc1cc2c(cc1F)nc(CCCl)n2C1(C)CCOC1. The summed E-state index contributed by atoms with van der Waals surface area (Å²) in [6.07, 6.45) is 1.61. The molecule has 1 aromatic heterocycles. The average Bonchev–Trinajstić information content (AvgIpc) is 2.96. The molecule has 0 spiro atoms. The predicted molar refractivity (Wildman–Crippen MR) is 77.9 cm³/mol. The lowest BCUT2D eigenvalue weighted by atomic mass is 10.0. The highest BCUT2D eigenvalue weighted by molar-refractivity contribution is 6.17. The molecule has 1 fully saturated rings. The Hall–Kier alpha value is -1.13. The Labute approximate surface area is 122 Å². The Morgan fingerprint density at radius 2 is 2.30 bits per heavy atom. The third kappa shape index (κ3) is 2.11. The van der Waals surface area contributed by atoms with Gasteiger partial charge in [-0.05, 0) is 31.9 Å². The lowest BCUT2D eigenvalue weighted by molar-refractivity contribution is 0.162. The summed E-state index contributed by atoms with van der Waals surface area (Å²) in [4.78, 5) is 4.58. The topological polar surface area (TPSA) is 27.1 Å². The zero-order chi connectivity index (χ0) is 14.3. The fourth-order valence-electron chi connectivity index (χ4n) is 2.94. The monoisotopic (exact) mass is 296 g/mol. The Morgan fingerprint density at radius 1 is 1.50 bits per heavy atom. The van der Waals surface area contributed by atoms with Crippen LogP contribution in [0.1, 0.15) is 24.7 Å². The van der Waals surface area contributed by atoms with E-state index >= 15 is 0 Å². The van der Waals surface area contributed by atoms with Gasteiger partial charge in [-0.2, -0.15) is 0 Å². The van der Waals surface area contributed by atoms with Crippen LogP contribution in [0.5, 0.6) is 0 Å². The highest BCUT2D eigenvalue weighted by Crippen LogP contribution is 2.33. The predicted octanol–water partition coefficient (Wildman–Crippen LogP) is 3.40. The van der Waals surface area contributed by atoms with Crippen LogP contribution in [0.4, 0.5) is 4.39 Å². The third-order valence-corrected chi connectivity index (χ3v) is 4.25. The van der Waals surface area contributed by atoms with E-state index in [1.54, 1.807) is 6.92 Å². The molecular formula is C15H18ClFN2O. The maximum atomic E-state index is 13.7. The van der Waals surface area contributed by atoms with Crippen LogP contribution >= 0.6 is 11.6 Å². The Bertz CT molecular complexity index is 647. The molecular weight excluding hydrogens is 279 g/mol. The van der Waals surface area contributed by atoms with Crippen LogP contribution in [-0.4, -0.2) is 28.6 Å². The van der Waals surface area contributed by atoms with Gasteiger partial charge in [-0.25, -0.2) is 9.37 Å². The summed E-state index contributed by atoms with van der Waals surface area (Å²) in [5, 5.41) is 0. The van der Waals surface area contributed by atoms with Gasteiger partial charge >= 0.3 is 0 Å². The number of halogens is 2. The molecule has 1 unspecified atom stereocenters. The molecule has 1 atom stereocenters. The van der Waals surface area contributed by atoms with Crippen molar-refractivity contribution in [1.82, 2.24) is 9.55 Å². The van der Waals surface area contributed by atoms with E-state index in [0.717, 1.165) is 24.4 Å². The second-order valence-electron chi connectivity index (χ2n) is 5.69. The number of rotatable bonds is 3. The quantitative estimate of drug-likeness (QED) is 0.812. The van der Waals surface area contributed by atoms with E-state index < -0.39 is 0 Å². The van der Waals surface area contributed by atoms with E-state index in [1.165, 1.54) is 6.07 Å². The fraction of sp³-hybridized carbons (Fsp3) is 0.533. The maximum absolute atomic E-state index is 13.7. The number of aryl methyl sites for hydroxylation is 2. The van der Waals surface area contributed by atoms with Crippen molar-refractivity contribution in [2.45, 2.75) is 32.2 Å². The standard InChI is InChI=1S/C15H18ClFN2O/c1-10-7-13-12(8-11(10)17)18-14(3-5-16)19(13)15(2)4-6-20-9-15/h7-8H,3-6,9H2,1-2H3. The van der Waals surface area contributed by atoms with Gasteiger partial charge in [0, 0.05) is 25.0 Å². The van der Waals surface area contributed by atoms with Crippen LogP contribution in [0, 0.1) is 12.7 Å². The fourth-order valence-corrected chi connectivity index (χ4v) is 3.11. The van der Waals surface area contributed by atoms with Crippen LogP contribution in [0.15, 0.2) is 12.1 Å². The number of nitrogens with zero attached hydrogens (tertiary/aromatic N) is 2. The van der Waals surface area contributed by atoms with Crippen molar-refractivity contribution in [2.75, 3.05) is 19.1 Å². The zero-order valence-corrected chi connectivity index (χ0v) is 12.5. The first kappa shape index (κ1) is 13.8. The smallest absolute Gasteiger partial charge is 0.128 e. The Balaban J connectivity index is 2.25. The third-order valence-electron chi connectivity index (χ3n) is 4.06. The second kappa shape index (κ2) is 5.01. The molecule has 20 heavy (non-hydrogen) atoms. The highest BCUT2D eigenvalue weighted by atomic mass is 35.5. The van der Waals surface area contributed by atoms with Crippen molar-refractivity contribution in [3.05, 3.63) is 29.3 Å². The summed E-state index contributed by atoms with van der Waals surface area (Å²) in [6, 6.07) is 3.39. The molecule has 108 valence electrons. The van der Waals surface area contributed by atoms with Gasteiger partial charge in [-0.15, -0.1) is 11.6 Å². The number of alkyl halides is 1. The summed E-state index contributed by atoms with van der Waals surface area (Å²) in [5.41, 5.74) is 2.18. The maximum Gasteiger partial charge on any atom is 0.128 e. The van der Waals surface area contributed by atoms with Gasteiger partial charge in [0.1, 0.15) is 11.6 Å². The highest BCUT2D eigenvalue weighted by Gasteiger charge is 2.35. The van der Waals surface area contributed by atoms with Crippen molar-refractivity contribution in [3.63, 3.8) is 0 Å². The molecule has 0 aliphatic carbocycles. The summed E-state index contributed by atoms with van der Waals surface area (Å²) >= 11 is 5.89.